The second-order valence-corrected chi connectivity index (χ2v) is 14.1. The summed E-state index contributed by atoms with van der Waals surface area (Å²) >= 11 is 13.4. The summed E-state index contributed by atoms with van der Waals surface area (Å²) in [5.41, 5.74) is 0.868. The number of hydrogen-bond acceptors (Lipinski definition) is 11. The van der Waals surface area contributed by atoms with Crippen molar-refractivity contribution in [1.82, 2.24) is 15.1 Å². The number of aliphatic hydroxyl groups excluding tert-OH is 1. The summed E-state index contributed by atoms with van der Waals surface area (Å²) in [5.74, 6) is -1.01. The maximum absolute atomic E-state index is 14.0. The van der Waals surface area contributed by atoms with Gasteiger partial charge in [-0.25, -0.2) is 9.59 Å². The lowest BCUT2D eigenvalue weighted by molar-refractivity contribution is -0.132. The van der Waals surface area contributed by atoms with Gasteiger partial charge in [0.25, 0.3) is 0 Å². The number of rotatable bonds is 9. The first-order valence-electron chi connectivity index (χ1n) is 17.0. The predicted molar refractivity (Wildman–Crippen MR) is 194 cm³/mol. The smallest absolute Gasteiger partial charge is 0.437 e. The molecular formula is C37H42Cl3N3O9. The van der Waals surface area contributed by atoms with Gasteiger partial charge in [-0.2, -0.15) is 0 Å². The number of amides is 1. The summed E-state index contributed by atoms with van der Waals surface area (Å²) in [6.07, 6.45) is 0.932. The fraction of sp³-hybridized carbons (Fsp3) is 0.459. The Bertz CT molecular complexity index is 1690. The van der Waals surface area contributed by atoms with Crippen LogP contribution in [0.4, 0.5) is 9.59 Å². The van der Waals surface area contributed by atoms with Crippen LogP contribution in [0.5, 0.6) is 0 Å². The van der Waals surface area contributed by atoms with Crippen LogP contribution in [-0.4, -0.2) is 91.5 Å². The van der Waals surface area contributed by atoms with E-state index in [-0.39, 0.29) is 81.6 Å². The summed E-state index contributed by atoms with van der Waals surface area (Å²) in [6, 6.07) is 13.7. The lowest BCUT2D eigenvalue weighted by Gasteiger charge is -2.39. The Morgan fingerprint density at radius 3 is 1.85 bits per heavy atom. The molecule has 2 aromatic rings. The van der Waals surface area contributed by atoms with E-state index in [9.17, 15) is 24.3 Å². The van der Waals surface area contributed by atoms with E-state index < -0.39 is 18.2 Å². The highest BCUT2D eigenvalue weighted by atomic mass is 35.5. The molecule has 0 radical (unpaired) electrons. The molecule has 52 heavy (non-hydrogen) atoms. The summed E-state index contributed by atoms with van der Waals surface area (Å²) in [4.78, 5) is 57.2. The van der Waals surface area contributed by atoms with Crippen molar-refractivity contribution in [2.24, 2.45) is 11.8 Å². The van der Waals surface area contributed by atoms with Gasteiger partial charge in [-0.05, 0) is 49.7 Å². The Balaban J connectivity index is 0.00000523. The van der Waals surface area contributed by atoms with Crippen LogP contribution in [0.1, 0.15) is 60.4 Å². The quantitative estimate of drug-likeness (QED) is 0.214. The SMILES string of the molecule is COC(=O)OC1=C(CC(=O)c2ccccc2)NC(CC(=O)N2CCN(C3CC4CC(O)CC4C3)CC2)=C(OC(=O)OC)C1c1c(Cl)cccc1Cl.Cl. The third-order valence-corrected chi connectivity index (χ3v) is 11.0. The highest BCUT2D eigenvalue weighted by molar-refractivity contribution is 6.36. The third kappa shape index (κ3) is 8.69. The van der Waals surface area contributed by atoms with Crippen molar-refractivity contribution in [3.63, 3.8) is 0 Å². The minimum absolute atomic E-state index is 0. The molecular weight excluding hydrogens is 737 g/mol. The van der Waals surface area contributed by atoms with Gasteiger partial charge in [0, 0.05) is 53.4 Å². The average molecular weight is 779 g/mol. The largest absolute Gasteiger partial charge is 0.513 e. The van der Waals surface area contributed by atoms with Crippen LogP contribution in [0, 0.1) is 11.8 Å². The number of ether oxygens (including phenoxy) is 4. The molecule has 3 atom stereocenters. The van der Waals surface area contributed by atoms with Gasteiger partial charge in [-0.15, -0.1) is 12.4 Å². The van der Waals surface area contributed by atoms with E-state index in [4.69, 9.17) is 42.1 Å². The zero-order chi connectivity index (χ0) is 36.2. The molecule has 1 amide bonds. The summed E-state index contributed by atoms with van der Waals surface area (Å²) in [7, 11) is 2.26. The fourth-order valence-corrected chi connectivity index (χ4v) is 8.54. The summed E-state index contributed by atoms with van der Waals surface area (Å²) in [5, 5.41) is 13.5. The number of hydrogen-bond donors (Lipinski definition) is 2. The van der Waals surface area contributed by atoms with Crippen LogP contribution in [0.3, 0.4) is 0 Å². The molecule has 1 saturated heterocycles. The predicted octanol–water partition coefficient (Wildman–Crippen LogP) is 6.45. The molecule has 15 heteroatoms. The van der Waals surface area contributed by atoms with E-state index in [0.29, 0.717) is 49.6 Å². The van der Waals surface area contributed by atoms with Crippen molar-refractivity contribution < 1.29 is 43.2 Å². The number of piperazine rings is 1. The Hall–Kier alpha value is -3.81. The molecule has 2 aliphatic carbocycles. The van der Waals surface area contributed by atoms with Gasteiger partial charge >= 0.3 is 12.3 Å². The molecule has 0 spiro atoms. The Kier molecular flexibility index (Phi) is 13.1. The van der Waals surface area contributed by atoms with Gasteiger partial charge in [-0.1, -0.05) is 59.6 Å². The molecule has 2 heterocycles. The Morgan fingerprint density at radius 1 is 0.769 bits per heavy atom. The first-order chi connectivity index (χ1) is 24.6. The fourth-order valence-electron chi connectivity index (χ4n) is 7.92. The van der Waals surface area contributed by atoms with Gasteiger partial charge < -0.3 is 34.3 Å². The zero-order valence-electron chi connectivity index (χ0n) is 28.8. The lowest BCUT2D eigenvalue weighted by atomic mass is 9.87. The first-order valence-corrected chi connectivity index (χ1v) is 17.8. The molecule has 2 aromatic carbocycles. The first kappa shape index (κ1) is 39.4. The van der Waals surface area contributed by atoms with E-state index in [2.05, 4.69) is 10.2 Å². The number of methoxy groups -OCH3 is 2. The number of benzene rings is 2. The van der Waals surface area contributed by atoms with Crippen LogP contribution >= 0.6 is 35.6 Å². The van der Waals surface area contributed by atoms with Crippen molar-refractivity contribution in [3.05, 3.63) is 92.6 Å². The molecule has 280 valence electrons. The molecule has 6 rings (SSSR count). The van der Waals surface area contributed by atoms with E-state index in [1.54, 1.807) is 53.4 Å². The maximum atomic E-state index is 14.0. The molecule has 2 saturated carbocycles. The van der Waals surface area contributed by atoms with Crippen LogP contribution in [-0.2, 0) is 23.7 Å². The van der Waals surface area contributed by atoms with Crippen molar-refractivity contribution >= 4 is 59.6 Å². The monoisotopic (exact) mass is 777 g/mol. The van der Waals surface area contributed by atoms with Crippen molar-refractivity contribution in [2.45, 2.75) is 56.6 Å². The number of fused-ring (bicyclic) bond motifs is 1. The second-order valence-electron chi connectivity index (χ2n) is 13.3. The van der Waals surface area contributed by atoms with E-state index in [1.165, 1.54) is 0 Å². The molecule has 12 nitrogen and oxygen atoms in total. The summed E-state index contributed by atoms with van der Waals surface area (Å²) < 4.78 is 21.1. The van der Waals surface area contributed by atoms with E-state index in [0.717, 1.165) is 39.9 Å². The molecule has 3 unspecified atom stereocenters. The molecule has 4 aliphatic rings. The van der Waals surface area contributed by atoms with Gasteiger partial charge in [-0.3, -0.25) is 14.5 Å². The van der Waals surface area contributed by atoms with Crippen LogP contribution in [0.2, 0.25) is 10.0 Å². The Labute approximate surface area is 318 Å². The van der Waals surface area contributed by atoms with Gasteiger partial charge in [0.15, 0.2) is 5.78 Å². The summed E-state index contributed by atoms with van der Waals surface area (Å²) in [6.45, 7) is 2.42. The molecule has 0 aromatic heterocycles. The minimum atomic E-state index is -1.27. The number of nitrogens with one attached hydrogen (secondary N) is 1. The number of ketones is 1. The van der Waals surface area contributed by atoms with Gasteiger partial charge in [0.05, 0.1) is 44.6 Å². The van der Waals surface area contributed by atoms with Crippen LogP contribution in [0.15, 0.2) is 71.4 Å². The van der Waals surface area contributed by atoms with Crippen molar-refractivity contribution in [1.29, 1.82) is 0 Å². The number of halogens is 3. The number of carbonyl (C=O) groups excluding carboxylic acids is 4. The second kappa shape index (κ2) is 17.3. The number of dihydropyridines is 1. The minimum Gasteiger partial charge on any atom is -0.437 e. The standard InChI is InChI=1S/C37H41Cl2N3O9.ClH/c1-48-36(46)50-34-28(19-30(44)21-7-4-3-5-8-21)40-29(35(51-37(47)49-2)33(34)32-26(38)9-6-10-27(32)39)20-31(45)42-13-11-41(12-14-42)24-15-22-17-25(43)18-23(22)16-24;/h3-10,22-25,33,40,43H,11-20H2,1-2H3;1H. The topological polar surface area (TPSA) is 144 Å². The van der Waals surface area contributed by atoms with Crippen molar-refractivity contribution in [2.75, 3.05) is 40.4 Å². The maximum Gasteiger partial charge on any atom is 0.513 e. The van der Waals surface area contributed by atoms with Crippen LogP contribution < -0.4 is 5.32 Å². The lowest BCUT2D eigenvalue weighted by Crippen LogP contribution is -2.52. The Morgan fingerprint density at radius 2 is 1.31 bits per heavy atom. The molecule has 3 fully saturated rings. The highest BCUT2D eigenvalue weighted by Gasteiger charge is 2.44. The molecule has 0 bridgehead atoms. The van der Waals surface area contributed by atoms with Crippen molar-refractivity contribution in [3.8, 4) is 0 Å². The van der Waals surface area contributed by atoms with Crippen LogP contribution in [0.25, 0.3) is 0 Å². The zero-order valence-corrected chi connectivity index (χ0v) is 31.2. The van der Waals surface area contributed by atoms with E-state index >= 15 is 0 Å². The van der Waals surface area contributed by atoms with Gasteiger partial charge in [0.1, 0.15) is 17.4 Å². The number of nitrogens with zero attached hydrogens (tertiary/aromatic N) is 2. The number of aliphatic hydroxyl groups is 1. The van der Waals surface area contributed by atoms with E-state index in [1.807, 2.05) is 0 Å². The molecule has 2 N–H and O–H groups in total. The number of Topliss-reactive ketones (excluding diaryl/α,β-unsaturated/α-hetero) is 1. The highest BCUT2D eigenvalue weighted by Crippen LogP contribution is 2.47. The molecule has 2 aliphatic heterocycles. The third-order valence-electron chi connectivity index (χ3n) is 10.3. The number of carbonyl (C=O) groups is 4. The average Bonchev–Trinajstić information content (AvgIpc) is 3.68. The number of allylic oxidation sites excluding steroid dienone is 1. The normalized spacial score (nSPS) is 24.4. The van der Waals surface area contributed by atoms with Gasteiger partial charge in [0.2, 0.25) is 5.91 Å².